The average molecular weight is 460 g/mol. The van der Waals surface area contributed by atoms with Crippen LogP contribution >= 0.6 is 0 Å². The largest absolute Gasteiger partial charge is 0.443 e. The van der Waals surface area contributed by atoms with Gasteiger partial charge in [0.2, 0.25) is 5.91 Å². The maximum atomic E-state index is 13.4. The van der Waals surface area contributed by atoms with E-state index in [1.54, 1.807) is 66.8 Å². The summed E-state index contributed by atoms with van der Waals surface area (Å²) in [5.74, 6) is -0.283. The molecule has 2 rings (SSSR count). The van der Waals surface area contributed by atoms with Crippen LogP contribution in [-0.2, 0) is 19.7 Å². The van der Waals surface area contributed by atoms with E-state index in [4.69, 9.17) is 9.47 Å². The molecule has 0 unspecified atom stereocenters. The second kappa shape index (κ2) is 9.53. The van der Waals surface area contributed by atoms with Crippen LogP contribution in [0.4, 0.5) is 15.3 Å². The Labute approximate surface area is 196 Å². The van der Waals surface area contributed by atoms with Crippen LogP contribution in [0.2, 0.25) is 0 Å². The summed E-state index contributed by atoms with van der Waals surface area (Å²) in [5.41, 5.74) is -0.186. The van der Waals surface area contributed by atoms with Gasteiger partial charge >= 0.3 is 12.2 Å². The van der Waals surface area contributed by atoms with Crippen molar-refractivity contribution >= 4 is 30.0 Å². The van der Waals surface area contributed by atoms with Crippen molar-refractivity contribution in [2.75, 3.05) is 11.4 Å². The van der Waals surface area contributed by atoms with Crippen molar-refractivity contribution in [1.29, 1.82) is 0 Å². The summed E-state index contributed by atoms with van der Waals surface area (Å²) in [6, 6.07) is 5.35. The molecule has 8 heteroatoms. The molecule has 0 saturated carbocycles. The van der Waals surface area contributed by atoms with Gasteiger partial charge in [-0.3, -0.25) is 4.79 Å². The number of fused-ring (bicyclic) bond motifs is 1. The molecule has 3 amide bonds. The predicted molar refractivity (Wildman–Crippen MR) is 129 cm³/mol. The molecule has 182 valence electrons. The van der Waals surface area contributed by atoms with Crippen LogP contribution in [0.3, 0.4) is 0 Å². The maximum absolute atomic E-state index is 13.4. The Hall–Kier alpha value is -2.90. The molecule has 0 atom stereocenters. The average Bonchev–Trinajstić information content (AvgIpc) is 2.93. The number of nitrogens with zero attached hydrogens (tertiary/aromatic N) is 3. The Kier molecular flexibility index (Phi) is 7.61. The van der Waals surface area contributed by atoms with Gasteiger partial charge < -0.3 is 9.47 Å². The number of benzene rings is 1. The first-order chi connectivity index (χ1) is 15.2. The molecule has 0 saturated heterocycles. The van der Waals surface area contributed by atoms with Crippen molar-refractivity contribution in [2.45, 2.75) is 91.8 Å². The van der Waals surface area contributed by atoms with Crippen LogP contribution in [-0.4, -0.2) is 47.1 Å². The molecule has 33 heavy (non-hydrogen) atoms. The van der Waals surface area contributed by atoms with Gasteiger partial charge in [0.1, 0.15) is 11.2 Å². The number of hydrogen-bond acceptors (Lipinski definition) is 6. The van der Waals surface area contributed by atoms with Crippen LogP contribution < -0.4 is 4.90 Å². The molecule has 8 nitrogen and oxygen atoms in total. The zero-order valence-corrected chi connectivity index (χ0v) is 21.3. The third-order valence-corrected chi connectivity index (χ3v) is 5.42. The third kappa shape index (κ3) is 5.72. The van der Waals surface area contributed by atoms with Crippen LogP contribution in [0.15, 0.2) is 23.3 Å². The van der Waals surface area contributed by atoms with E-state index in [1.165, 1.54) is 5.01 Å². The van der Waals surface area contributed by atoms with Crippen LogP contribution in [0.5, 0.6) is 0 Å². The quantitative estimate of drug-likeness (QED) is 0.421. The molecule has 0 aromatic heterocycles. The van der Waals surface area contributed by atoms with Crippen molar-refractivity contribution in [3.8, 4) is 0 Å². The van der Waals surface area contributed by atoms with Gasteiger partial charge in [0.05, 0.1) is 17.3 Å². The van der Waals surface area contributed by atoms with Gasteiger partial charge in [0.25, 0.3) is 0 Å². The number of carbonyl (C=O) groups excluding carboxylic acids is 3. The molecular weight excluding hydrogens is 422 g/mol. The lowest BCUT2D eigenvalue weighted by atomic mass is 9.76. The lowest BCUT2D eigenvalue weighted by Gasteiger charge is -2.27. The number of amides is 3. The highest BCUT2D eigenvalue weighted by atomic mass is 16.6. The molecule has 0 bridgehead atoms. The fraction of sp³-hybridized carbons (Fsp3) is 0.600. The van der Waals surface area contributed by atoms with Gasteiger partial charge in [0.15, 0.2) is 0 Å². The summed E-state index contributed by atoms with van der Waals surface area (Å²) in [6.45, 7) is 16.7. The predicted octanol–water partition coefficient (Wildman–Crippen LogP) is 5.62. The molecule has 0 radical (unpaired) electrons. The lowest BCUT2D eigenvalue weighted by molar-refractivity contribution is -0.123. The van der Waals surface area contributed by atoms with E-state index < -0.39 is 28.8 Å². The van der Waals surface area contributed by atoms with E-state index in [0.29, 0.717) is 30.6 Å². The fourth-order valence-corrected chi connectivity index (χ4v) is 3.78. The molecule has 1 aromatic carbocycles. The number of rotatable bonds is 5. The molecule has 1 aliphatic heterocycles. The highest BCUT2D eigenvalue weighted by molar-refractivity contribution is 6.21. The monoisotopic (exact) mass is 459 g/mol. The smallest absolute Gasteiger partial charge is 0.430 e. The van der Waals surface area contributed by atoms with Gasteiger partial charge in [-0.15, -0.1) is 0 Å². The molecule has 0 fully saturated rings. The van der Waals surface area contributed by atoms with Crippen LogP contribution in [0, 0.1) is 0 Å². The summed E-state index contributed by atoms with van der Waals surface area (Å²) >= 11 is 0. The standard InChI is InChI=1S/C25H37N3O5/c1-10-25(11-2)18-15-17(16-26-27(12-3)21(30)32-23(4,5)6)13-14-19(18)28(20(25)29)22(31)33-24(7,8)9/h13-16H,10-12H2,1-9H3/b26-16+. The summed E-state index contributed by atoms with van der Waals surface area (Å²) in [5, 5.41) is 5.53. The zero-order valence-electron chi connectivity index (χ0n) is 21.3. The minimum atomic E-state index is -0.828. The number of hydrazone groups is 1. The van der Waals surface area contributed by atoms with Gasteiger partial charge in [-0.25, -0.2) is 14.5 Å². The first-order valence-corrected chi connectivity index (χ1v) is 11.5. The summed E-state index contributed by atoms with van der Waals surface area (Å²) in [4.78, 5) is 39.8. The number of carbonyl (C=O) groups is 3. The Morgan fingerprint density at radius 3 is 2.09 bits per heavy atom. The Bertz CT molecular complexity index is 936. The fourth-order valence-electron chi connectivity index (χ4n) is 3.78. The molecule has 0 spiro atoms. The normalized spacial score (nSPS) is 15.5. The van der Waals surface area contributed by atoms with Gasteiger partial charge in [-0.05, 0) is 84.6 Å². The van der Waals surface area contributed by atoms with E-state index >= 15 is 0 Å². The Balaban J connectivity index is 2.44. The second-order valence-corrected chi connectivity index (χ2v) is 10.1. The number of imide groups is 1. The summed E-state index contributed by atoms with van der Waals surface area (Å²) < 4.78 is 10.9. The highest BCUT2D eigenvalue weighted by Gasteiger charge is 2.51. The molecule has 1 aliphatic rings. The topological polar surface area (TPSA) is 88.5 Å². The first-order valence-electron chi connectivity index (χ1n) is 11.5. The lowest BCUT2D eigenvalue weighted by Crippen LogP contribution is -2.44. The molecule has 0 aliphatic carbocycles. The minimum Gasteiger partial charge on any atom is -0.443 e. The second-order valence-electron chi connectivity index (χ2n) is 10.1. The van der Waals surface area contributed by atoms with E-state index in [9.17, 15) is 14.4 Å². The van der Waals surface area contributed by atoms with Crippen molar-refractivity contribution in [3.63, 3.8) is 0 Å². The zero-order chi connectivity index (χ0) is 25.2. The maximum Gasteiger partial charge on any atom is 0.430 e. The van der Waals surface area contributed by atoms with E-state index in [2.05, 4.69) is 5.10 Å². The van der Waals surface area contributed by atoms with Crippen molar-refractivity contribution < 1.29 is 23.9 Å². The van der Waals surface area contributed by atoms with Crippen LogP contribution in [0.1, 0.15) is 86.3 Å². The van der Waals surface area contributed by atoms with Gasteiger partial charge in [-0.1, -0.05) is 19.9 Å². The summed E-state index contributed by atoms with van der Waals surface area (Å²) in [6.07, 6.45) is 1.42. The van der Waals surface area contributed by atoms with Gasteiger partial charge in [0, 0.05) is 6.54 Å². The minimum absolute atomic E-state index is 0.283. The number of ether oxygens (including phenoxy) is 2. The molecule has 1 aromatic rings. The highest BCUT2D eigenvalue weighted by Crippen LogP contribution is 2.47. The van der Waals surface area contributed by atoms with E-state index in [1.807, 2.05) is 19.9 Å². The van der Waals surface area contributed by atoms with Crippen molar-refractivity contribution in [2.24, 2.45) is 5.10 Å². The van der Waals surface area contributed by atoms with E-state index in [-0.39, 0.29) is 5.91 Å². The van der Waals surface area contributed by atoms with Crippen molar-refractivity contribution in [3.05, 3.63) is 29.3 Å². The Morgan fingerprint density at radius 2 is 1.61 bits per heavy atom. The Morgan fingerprint density at radius 1 is 1.03 bits per heavy atom. The van der Waals surface area contributed by atoms with Crippen LogP contribution in [0.25, 0.3) is 0 Å². The van der Waals surface area contributed by atoms with E-state index in [0.717, 1.165) is 10.5 Å². The third-order valence-electron chi connectivity index (χ3n) is 5.42. The SMILES string of the molecule is CCN(/N=C/c1ccc2c(c1)C(CC)(CC)C(=O)N2C(=O)OC(C)(C)C)C(=O)OC(C)(C)C. The van der Waals surface area contributed by atoms with Crippen molar-refractivity contribution in [1.82, 2.24) is 5.01 Å². The molecule has 0 N–H and O–H groups in total. The molecule has 1 heterocycles. The number of anilines is 1. The summed E-state index contributed by atoms with van der Waals surface area (Å²) in [7, 11) is 0. The number of hydrogen-bond donors (Lipinski definition) is 0. The van der Waals surface area contributed by atoms with Gasteiger partial charge in [-0.2, -0.15) is 10.1 Å². The first kappa shape index (κ1) is 26.4. The molecular formula is C25H37N3O5.